The minimum atomic E-state index is -0.542. The number of ether oxygens (including phenoxy) is 2. The highest BCUT2D eigenvalue weighted by Gasteiger charge is 2.13. The summed E-state index contributed by atoms with van der Waals surface area (Å²) in [4.78, 5) is 0. The maximum absolute atomic E-state index is 10.3. The quantitative estimate of drug-likeness (QED) is 0.497. The van der Waals surface area contributed by atoms with Gasteiger partial charge in [-0.3, -0.25) is 0 Å². The van der Waals surface area contributed by atoms with Crippen LogP contribution in [0.3, 0.4) is 0 Å². The predicted octanol–water partition coefficient (Wildman–Crippen LogP) is 4.86. The van der Waals surface area contributed by atoms with E-state index in [1.54, 1.807) is 7.11 Å². The summed E-state index contributed by atoms with van der Waals surface area (Å²) in [5.41, 5.74) is 3.03. The zero-order chi connectivity index (χ0) is 19.8. The molecule has 28 heavy (non-hydrogen) atoms. The van der Waals surface area contributed by atoms with Crippen molar-refractivity contribution >= 4 is 15.9 Å². The molecule has 0 aliphatic carbocycles. The predicted molar refractivity (Wildman–Crippen MR) is 115 cm³/mol. The number of hydrogen-bond donors (Lipinski definition) is 2. The van der Waals surface area contributed by atoms with Gasteiger partial charge in [-0.15, -0.1) is 0 Å². The number of halogens is 1. The average molecular weight is 442 g/mol. The smallest absolute Gasteiger partial charge is 0.175 e. The van der Waals surface area contributed by atoms with Crippen LogP contribution >= 0.6 is 15.9 Å². The normalized spacial score (nSPS) is 11.8. The van der Waals surface area contributed by atoms with Crippen molar-refractivity contribution in [3.05, 3.63) is 94.0 Å². The Bertz CT molecular complexity index is 872. The first-order chi connectivity index (χ1) is 13.7. The van der Waals surface area contributed by atoms with Gasteiger partial charge in [-0.25, -0.2) is 0 Å². The second-order valence-electron chi connectivity index (χ2n) is 6.44. The van der Waals surface area contributed by atoms with Crippen molar-refractivity contribution in [2.45, 2.75) is 19.3 Å². The molecule has 0 spiro atoms. The SMILES string of the molecule is COc1cc(CNC[C@@H](O)c2ccccc2)cc(Br)c1OCc1ccccc1. The molecule has 0 radical (unpaired) electrons. The van der Waals surface area contributed by atoms with Gasteiger partial charge in [0.15, 0.2) is 11.5 Å². The molecule has 0 aromatic heterocycles. The van der Waals surface area contributed by atoms with E-state index in [1.165, 1.54) is 0 Å². The molecular formula is C23H24BrNO3. The average Bonchev–Trinajstić information content (AvgIpc) is 2.74. The fraction of sp³-hybridized carbons (Fsp3) is 0.217. The second-order valence-corrected chi connectivity index (χ2v) is 7.30. The summed E-state index contributed by atoms with van der Waals surface area (Å²) in [6.07, 6.45) is -0.542. The lowest BCUT2D eigenvalue weighted by atomic mass is 10.1. The van der Waals surface area contributed by atoms with Gasteiger partial charge < -0.3 is 19.9 Å². The van der Waals surface area contributed by atoms with Crippen LogP contribution in [0.15, 0.2) is 77.3 Å². The molecule has 0 unspecified atom stereocenters. The largest absolute Gasteiger partial charge is 0.493 e. The lowest BCUT2D eigenvalue weighted by Crippen LogP contribution is -2.21. The molecule has 0 saturated carbocycles. The van der Waals surface area contributed by atoms with Gasteiger partial charge in [0.1, 0.15) is 6.61 Å². The van der Waals surface area contributed by atoms with Crippen LogP contribution < -0.4 is 14.8 Å². The fourth-order valence-corrected chi connectivity index (χ4v) is 3.50. The number of nitrogens with one attached hydrogen (secondary N) is 1. The Balaban J connectivity index is 1.60. The van der Waals surface area contributed by atoms with Gasteiger partial charge in [0, 0.05) is 13.1 Å². The molecule has 0 fully saturated rings. The van der Waals surface area contributed by atoms with E-state index in [1.807, 2.05) is 72.8 Å². The number of aliphatic hydroxyl groups is 1. The number of rotatable bonds is 9. The summed E-state index contributed by atoms with van der Waals surface area (Å²) < 4.78 is 12.3. The lowest BCUT2D eigenvalue weighted by Gasteiger charge is -2.16. The van der Waals surface area contributed by atoms with Gasteiger partial charge in [-0.05, 0) is 44.8 Å². The first kappa shape index (κ1) is 20.4. The van der Waals surface area contributed by atoms with Crippen molar-refractivity contribution in [3.8, 4) is 11.5 Å². The Hall–Kier alpha value is -2.34. The summed E-state index contributed by atoms with van der Waals surface area (Å²) in [5.74, 6) is 1.35. The van der Waals surface area contributed by atoms with Gasteiger partial charge in [0.05, 0.1) is 17.7 Å². The molecule has 3 aromatic rings. The van der Waals surface area contributed by atoms with Gasteiger partial charge in [0.2, 0.25) is 0 Å². The minimum absolute atomic E-state index is 0.468. The lowest BCUT2D eigenvalue weighted by molar-refractivity contribution is 0.174. The van der Waals surface area contributed by atoms with Crippen LogP contribution in [0.25, 0.3) is 0 Å². The van der Waals surface area contributed by atoms with Crippen LogP contribution in [-0.4, -0.2) is 18.8 Å². The third kappa shape index (κ3) is 5.58. The van der Waals surface area contributed by atoms with Crippen molar-refractivity contribution in [1.82, 2.24) is 5.32 Å². The molecule has 0 bridgehead atoms. The molecule has 0 heterocycles. The summed E-state index contributed by atoms with van der Waals surface area (Å²) in [7, 11) is 1.63. The van der Waals surface area contributed by atoms with E-state index >= 15 is 0 Å². The summed E-state index contributed by atoms with van der Waals surface area (Å²) in [6, 6.07) is 23.6. The molecule has 0 aliphatic rings. The first-order valence-electron chi connectivity index (χ1n) is 9.14. The van der Waals surface area contributed by atoms with E-state index in [4.69, 9.17) is 9.47 Å². The Morgan fingerprint density at radius 2 is 1.64 bits per heavy atom. The Morgan fingerprint density at radius 1 is 0.964 bits per heavy atom. The minimum Gasteiger partial charge on any atom is -0.493 e. The van der Waals surface area contributed by atoms with Crippen LogP contribution in [0.1, 0.15) is 22.8 Å². The van der Waals surface area contributed by atoms with Crippen LogP contribution in [0.5, 0.6) is 11.5 Å². The van der Waals surface area contributed by atoms with Gasteiger partial charge >= 0.3 is 0 Å². The van der Waals surface area contributed by atoms with Crippen molar-refractivity contribution < 1.29 is 14.6 Å². The third-order valence-corrected chi connectivity index (χ3v) is 4.96. The molecule has 3 aromatic carbocycles. The van der Waals surface area contributed by atoms with Crippen LogP contribution in [-0.2, 0) is 13.2 Å². The number of aliphatic hydroxyl groups excluding tert-OH is 1. The molecular weight excluding hydrogens is 418 g/mol. The standard InChI is InChI=1S/C23H24BrNO3/c1-27-22-13-18(14-25-15-21(26)19-10-6-3-7-11-19)12-20(24)23(22)28-16-17-8-4-2-5-9-17/h2-13,21,25-26H,14-16H2,1H3/t21-/m1/s1. The number of hydrogen-bond acceptors (Lipinski definition) is 4. The molecule has 5 heteroatoms. The van der Waals surface area contributed by atoms with Crippen LogP contribution in [0, 0.1) is 0 Å². The molecule has 3 rings (SSSR count). The second kappa shape index (κ2) is 10.3. The van der Waals surface area contributed by atoms with Crippen molar-refractivity contribution in [2.24, 2.45) is 0 Å². The summed E-state index contributed by atoms with van der Waals surface area (Å²) >= 11 is 3.59. The maximum atomic E-state index is 10.3. The van der Waals surface area contributed by atoms with Crippen molar-refractivity contribution in [1.29, 1.82) is 0 Å². The molecule has 146 valence electrons. The monoisotopic (exact) mass is 441 g/mol. The van der Waals surface area contributed by atoms with Crippen LogP contribution in [0.2, 0.25) is 0 Å². The number of benzene rings is 3. The molecule has 4 nitrogen and oxygen atoms in total. The third-order valence-electron chi connectivity index (χ3n) is 4.37. The highest BCUT2D eigenvalue weighted by atomic mass is 79.9. The Kier molecular flexibility index (Phi) is 7.48. The van der Waals surface area contributed by atoms with Gasteiger partial charge in [0.25, 0.3) is 0 Å². The fourth-order valence-electron chi connectivity index (χ4n) is 2.89. The maximum Gasteiger partial charge on any atom is 0.175 e. The van der Waals surface area contributed by atoms with Crippen molar-refractivity contribution in [3.63, 3.8) is 0 Å². The van der Waals surface area contributed by atoms with E-state index in [-0.39, 0.29) is 0 Å². The molecule has 0 saturated heterocycles. The molecule has 1 atom stereocenters. The van der Waals surface area contributed by atoms with E-state index < -0.39 is 6.10 Å². The molecule has 0 aliphatic heterocycles. The summed E-state index contributed by atoms with van der Waals surface area (Å²) in [5, 5.41) is 13.5. The highest BCUT2D eigenvalue weighted by molar-refractivity contribution is 9.10. The number of methoxy groups -OCH3 is 1. The van der Waals surface area contributed by atoms with Gasteiger partial charge in [-0.1, -0.05) is 60.7 Å². The zero-order valence-electron chi connectivity index (χ0n) is 15.8. The molecule has 0 amide bonds. The topological polar surface area (TPSA) is 50.7 Å². The van der Waals surface area contributed by atoms with E-state index in [2.05, 4.69) is 21.2 Å². The molecule has 2 N–H and O–H groups in total. The van der Waals surface area contributed by atoms with Crippen LogP contribution in [0.4, 0.5) is 0 Å². The highest BCUT2D eigenvalue weighted by Crippen LogP contribution is 2.37. The zero-order valence-corrected chi connectivity index (χ0v) is 17.4. The van der Waals surface area contributed by atoms with Crippen molar-refractivity contribution in [2.75, 3.05) is 13.7 Å². The Morgan fingerprint density at radius 3 is 2.32 bits per heavy atom. The Labute approximate surface area is 174 Å². The van der Waals surface area contributed by atoms with Gasteiger partial charge in [-0.2, -0.15) is 0 Å². The van der Waals surface area contributed by atoms with E-state index in [0.29, 0.717) is 31.2 Å². The summed E-state index contributed by atoms with van der Waals surface area (Å²) in [6.45, 7) is 1.55. The van der Waals surface area contributed by atoms with E-state index in [9.17, 15) is 5.11 Å². The first-order valence-corrected chi connectivity index (χ1v) is 9.93. The van der Waals surface area contributed by atoms with E-state index in [0.717, 1.165) is 21.2 Å².